The first-order valence-electron chi connectivity index (χ1n) is 6.67. The van der Waals surface area contributed by atoms with E-state index in [-0.39, 0.29) is 11.4 Å². The lowest BCUT2D eigenvalue weighted by Gasteiger charge is -2.41. The van der Waals surface area contributed by atoms with E-state index >= 15 is 0 Å². The largest absolute Gasteiger partial charge is 0.497 e. The molecule has 1 saturated carbocycles. The Kier molecular flexibility index (Phi) is 4.86. The minimum Gasteiger partial charge on any atom is -0.497 e. The molecule has 4 heteroatoms. The van der Waals surface area contributed by atoms with Gasteiger partial charge in [-0.15, -0.1) is 0 Å². The second-order valence-electron chi connectivity index (χ2n) is 5.16. The summed E-state index contributed by atoms with van der Waals surface area (Å²) in [4.78, 5) is 12.0. The Bertz CT molecular complexity index is 421. The number of benzene rings is 1. The molecule has 2 rings (SSSR count). The summed E-state index contributed by atoms with van der Waals surface area (Å²) in [6.45, 7) is 0. The van der Waals surface area contributed by atoms with Crippen molar-refractivity contribution < 1.29 is 9.53 Å². The van der Waals surface area contributed by atoms with Crippen LogP contribution in [0.4, 0.5) is 0 Å². The van der Waals surface area contributed by atoms with Crippen LogP contribution in [0, 0.1) is 0 Å². The highest BCUT2D eigenvalue weighted by Gasteiger charge is 2.36. The van der Waals surface area contributed by atoms with Gasteiger partial charge < -0.3 is 10.1 Å². The Hall–Kier alpha value is -1.03. The molecule has 1 N–H and O–H groups in total. The normalized spacial score (nSPS) is 16.5. The Balaban J connectivity index is 1.79. The van der Waals surface area contributed by atoms with Crippen molar-refractivity contribution in [3.05, 3.63) is 29.8 Å². The van der Waals surface area contributed by atoms with Crippen molar-refractivity contribution in [1.29, 1.82) is 0 Å². The van der Waals surface area contributed by atoms with Gasteiger partial charge in [0.15, 0.2) is 0 Å². The van der Waals surface area contributed by atoms with E-state index < -0.39 is 0 Å². The van der Waals surface area contributed by atoms with Gasteiger partial charge in [-0.2, -0.15) is 0 Å². The fourth-order valence-electron chi connectivity index (χ4n) is 2.30. The third kappa shape index (κ3) is 3.72. The van der Waals surface area contributed by atoms with Gasteiger partial charge in [0.05, 0.1) is 7.11 Å². The maximum absolute atomic E-state index is 12.0. The molecule has 1 amide bonds. The first kappa shape index (κ1) is 14.4. The summed E-state index contributed by atoms with van der Waals surface area (Å²) in [6.07, 6.45) is 4.71. The van der Waals surface area contributed by atoms with Gasteiger partial charge in [-0.3, -0.25) is 4.79 Å². The van der Waals surface area contributed by atoms with Crippen molar-refractivity contribution in [3.8, 4) is 5.75 Å². The summed E-state index contributed by atoms with van der Waals surface area (Å²) in [5.41, 5.74) is 1.19. The molecule has 1 aromatic rings. The van der Waals surface area contributed by atoms with Crippen molar-refractivity contribution in [2.24, 2.45) is 0 Å². The van der Waals surface area contributed by atoms with E-state index in [4.69, 9.17) is 4.74 Å². The lowest BCUT2D eigenvalue weighted by atomic mass is 9.78. The number of hydrogen-bond donors (Lipinski definition) is 1. The minimum atomic E-state index is 0.0248. The third-order valence-electron chi connectivity index (χ3n) is 3.77. The van der Waals surface area contributed by atoms with E-state index in [9.17, 15) is 4.79 Å². The van der Waals surface area contributed by atoms with Crippen LogP contribution in [0.3, 0.4) is 0 Å². The molecule has 0 heterocycles. The van der Waals surface area contributed by atoms with Gasteiger partial charge in [-0.25, -0.2) is 0 Å². The van der Waals surface area contributed by atoms with Gasteiger partial charge in [0.25, 0.3) is 0 Å². The molecule has 1 fully saturated rings. The van der Waals surface area contributed by atoms with Crippen LogP contribution in [0.25, 0.3) is 0 Å². The second kappa shape index (κ2) is 6.42. The lowest BCUT2D eigenvalue weighted by Crippen LogP contribution is -2.54. The van der Waals surface area contributed by atoms with Crippen molar-refractivity contribution in [1.82, 2.24) is 5.32 Å². The average Bonchev–Trinajstić information content (AvgIpc) is 2.41. The molecular weight excluding hydrogens is 306 g/mol. The number of aryl methyl sites for hydroxylation is 1. The summed E-state index contributed by atoms with van der Waals surface area (Å²) >= 11 is 3.50. The number of nitrogens with one attached hydrogen (secondary N) is 1. The van der Waals surface area contributed by atoms with Gasteiger partial charge in [-0.05, 0) is 43.4 Å². The highest BCUT2D eigenvalue weighted by atomic mass is 79.9. The van der Waals surface area contributed by atoms with Gasteiger partial charge in [-0.1, -0.05) is 28.1 Å². The van der Waals surface area contributed by atoms with E-state index in [0.717, 1.165) is 35.9 Å². The zero-order chi connectivity index (χ0) is 13.7. The van der Waals surface area contributed by atoms with Gasteiger partial charge in [0.1, 0.15) is 5.75 Å². The van der Waals surface area contributed by atoms with E-state index in [0.29, 0.717) is 6.42 Å². The summed E-state index contributed by atoms with van der Waals surface area (Å²) < 4.78 is 5.11. The highest BCUT2D eigenvalue weighted by Crippen LogP contribution is 2.33. The van der Waals surface area contributed by atoms with Crippen LogP contribution in [0.2, 0.25) is 0 Å². The number of carbonyl (C=O) groups is 1. The molecule has 19 heavy (non-hydrogen) atoms. The second-order valence-corrected chi connectivity index (χ2v) is 5.72. The van der Waals surface area contributed by atoms with Gasteiger partial charge in [0, 0.05) is 17.3 Å². The molecule has 0 bridgehead atoms. The molecular formula is C15H20BrNO2. The average molecular weight is 326 g/mol. The van der Waals surface area contributed by atoms with Gasteiger partial charge in [0.2, 0.25) is 5.91 Å². The van der Waals surface area contributed by atoms with Crippen LogP contribution < -0.4 is 10.1 Å². The number of hydrogen-bond acceptors (Lipinski definition) is 2. The van der Waals surface area contributed by atoms with Crippen LogP contribution >= 0.6 is 15.9 Å². The smallest absolute Gasteiger partial charge is 0.220 e. The summed E-state index contributed by atoms with van der Waals surface area (Å²) in [6, 6.07) is 7.88. The topological polar surface area (TPSA) is 38.3 Å². The number of ether oxygens (including phenoxy) is 1. The van der Waals surface area contributed by atoms with Crippen molar-refractivity contribution in [3.63, 3.8) is 0 Å². The molecule has 0 aliphatic heterocycles. The molecule has 0 unspecified atom stereocenters. The zero-order valence-corrected chi connectivity index (χ0v) is 12.8. The molecule has 0 saturated heterocycles. The number of carbonyl (C=O) groups excluding carboxylic acids is 1. The van der Waals surface area contributed by atoms with Gasteiger partial charge >= 0.3 is 0 Å². The SMILES string of the molecule is COc1ccc(CCC(=O)NC2(CBr)CCC2)cc1. The number of rotatable bonds is 6. The fraction of sp³-hybridized carbons (Fsp3) is 0.533. The molecule has 104 valence electrons. The van der Waals surface area contributed by atoms with E-state index in [1.807, 2.05) is 24.3 Å². The summed E-state index contributed by atoms with van der Waals surface area (Å²) in [7, 11) is 1.65. The predicted molar refractivity (Wildman–Crippen MR) is 79.8 cm³/mol. The van der Waals surface area contributed by atoms with Crippen LogP contribution in [-0.2, 0) is 11.2 Å². The maximum atomic E-state index is 12.0. The van der Waals surface area contributed by atoms with Crippen LogP contribution in [0.5, 0.6) is 5.75 Å². The zero-order valence-electron chi connectivity index (χ0n) is 11.2. The number of alkyl halides is 1. The summed E-state index contributed by atoms with van der Waals surface area (Å²) in [5, 5.41) is 4.02. The maximum Gasteiger partial charge on any atom is 0.220 e. The molecule has 1 aliphatic carbocycles. The number of amides is 1. The van der Waals surface area contributed by atoms with Crippen LogP contribution in [0.15, 0.2) is 24.3 Å². The molecule has 1 aliphatic rings. The standard InChI is InChI=1S/C15H20BrNO2/c1-19-13-6-3-12(4-7-13)5-8-14(18)17-15(11-16)9-2-10-15/h3-4,6-7H,2,5,8-11H2,1H3,(H,17,18). The van der Waals surface area contributed by atoms with Crippen molar-refractivity contribution in [2.45, 2.75) is 37.6 Å². The van der Waals surface area contributed by atoms with E-state index in [1.54, 1.807) is 7.11 Å². The van der Waals surface area contributed by atoms with E-state index in [2.05, 4.69) is 21.2 Å². The Morgan fingerprint density at radius 3 is 2.53 bits per heavy atom. The Morgan fingerprint density at radius 2 is 2.05 bits per heavy atom. The highest BCUT2D eigenvalue weighted by molar-refractivity contribution is 9.09. The fourth-order valence-corrected chi connectivity index (χ4v) is 3.00. The summed E-state index contributed by atoms with van der Waals surface area (Å²) in [5.74, 6) is 0.996. The molecule has 0 aromatic heterocycles. The lowest BCUT2D eigenvalue weighted by molar-refractivity contribution is -0.123. The van der Waals surface area contributed by atoms with Crippen LogP contribution in [0.1, 0.15) is 31.2 Å². The molecule has 0 radical (unpaired) electrons. The minimum absolute atomic E-state index is 0.0248. The van der Waals surface area contributed by atoms with Crippen LogP contribution in [-0.4, -0.2) is 23.9 Å². The quantitative estimate of drug-likeness (QED) is 0.816. The molecule has 3 nitrogen and oxygen atoms in total. The Labute approximate surface area is 122 Å². The van der Waals surface area contributed by atoms with E-state index in [1.165, 1.54) is 6.42 Å². The van der Waals surface area contributed by atoms with Crippen molar-refractivity contribution >= 4 is 21.8 Å². The first-order chi connectivity index (χ1) is 9.17. The first-order valence-corrected chi connectivity index (χ1v) is 7.79. The molecule has 0 spiro atoms. The Morgan fingerprint density at radius 1 is 1.37 bits per heavy atom. The number of halogens is 1. The number of methoxy groups -OCH3 is 1. The molecule has 0 atom stereocenters. The van der Waals surface area contributed by atoms with Crippen molar-refractivity contribution in [2.75, 3.05) is 12.4 Å². The monoisotopic (exact) mass is 325 g/mol. The molecule has 1 aromatic carbocycles. The predicted octanol–water partition coefficient (Wildman–Crippen LogP) is 3.06. The third-order valence-corrected chi connectivity index (χ3v) is 4.84.